The van der Waals surface area contributed by atoms with Crippen molar-refractivity contribution >= 4 is 11.6 Å². The highest BCUT2D eigenvalue weighted by Gasteiger charge is 2.18. The third-order valence-electron chi connectivity index (χ3n) is 3.30. The number of amides is 1. The number of nitrogens with one attached hydrogen (secondary N) is 1. The lowest BCUT2D eigenvalue weighted by molar-refractivity contribution is 0.0906. The van der Waals surface area contributed by atoms with Crippen molar-refractivity contribution in [3.63, 3.8) is 0 Å². The summed E-state index contributed by atoms with van der Waals surface area (Å²) in [6, 6.07) is 10.6. The fourth-order valence-corrected chi connectivity index (χ4v) is 2.30. The van der Waals surface area contributed by atoms with E-state index in [9.17, 15) is 9.90 Å². The van der Waals surface area contributed by atoms with Crippen LogP contribution in [0, 0.1) is 0 Å². The Morgan fingerprint density at radius 3 is 2.71 bits per heavy atom. The number of carbonyl (C=O) groups excluding carboxylic acids is 1. The molecule has 4 N–H and O–H groups in total. The minimum absolute atomic E-state index is 0.153. The molecule has 1 aromatic heterocycles. The Morgan fingerprint density at radius 2 is 2.10 bits per heavy atom. The van der Waals surface area contributed by atoms with Crippen LogP contribution in [0.4, 0.5) is 5.69 Å². The van der Waals surface area contributed by atoms with Crippen molar-refractivity contribution in [1.82, 2.24) is 9.88 Å². The van der Waals surface area contributed by atoms with Gasteiger partial charge in [0.25, 0.3) is 5.91 Å². The summed E-state index contributed by atoms with van der Waals surface area (Å²) < 4.78 is 1.84. The predicted molar refractivity (Wildman–Crippen MR) is 82.9 cm³/mol. The molecular formula is C16H21N3O2. The zero-order valence-corrected chi connectivity index (χ0v) is 12.1. The maximum absolute atomic E-state index is 12.4. The monoisotopic (exact) mass is 287 g/mol. The van der Waals surface area contributed by atoms with E-state index in [1.165, 1.54) is 0 Å². The van der Waals surface area contributed by atoms with E-state index in [4.69, 9.17) is 5.73 Å². The van der Waals surface area contributed by atoms with Gasteiger partial charge in [0.2, 0.25) is 0 Å². The Morgan fingerprint density at radius 1 is 1.38 bits per heavy atom. The molecule has 0 spiro atoms. The zero-order valence-electron chi connectivity index (χ0n) is 12.1. The highest BCUT2D eigenvalue weighted by molar-refractivity contribution is 5.94. The molecule has 0 fully saturated rings. The minimum atomic E-state index is -0.426. The van der Waals surface area contributed by atoms with Crippen molar-refractivity contribution in [3.8, 4) is 0 Å². The second-order valence-electron chi connectivity index (χ2n) is 4.97. The third-order valence-corrected chi connectivity index (χ3v) is 3.30. The summed E-state index contributed by atoms with van der Waals surface area (Å²) >= 11 is 0. The summed E-state index contributed by atoms with van der Waals surface area (Å²) in [5, 5.41) is 12.4. The van der Waals surface area contributed by atoms with E-state index in [0.717, 1.165) is 18.5 Å². The van der Waals surface area contributed by atoms with Crippen LogP contribution in [0.15, 0.2) is 42.6 Å². The molecule has 1 aromatic carbocycles. The zero-order chi connectivity index (χ0) is 15.2. The second kappa shape index (κ2) is 6.95. The number of nitrogen functional groups attached to an aromatic ring is 1. The molecule has 0 aliphatic rings. The Labute approximate surface area is 124 Å². The Hall–Kier alpha value is -2.27. The van der Waals surface area contributed by atoms with E-state index >= 15 is 0 Å². The van der Waals surface area contributed by atoms with Gasteiger partial charge in [0.05, 0.1) is 18.3 Å². The second-order valence-corrected chi connectivity index (χ2v) is 4.97. The van der Waals surface area contributed by atoms with Crippen molar-refractivity contribution < 1.29 is 9.90 Å². The first-order valence-electron chi connectivity index (χ1n) is 7.08. The van der Waals surface area contributed by atoms with Gasteiger partial charge in [-0.15, -0.1) is 0 Å². The number of nitrogens with zero attached hydrogens (tertiary/aromatic N) is 1. The molecule has 0 aliphatic heterocycles. The molecule has 112 valence electrons. The SMILES string of the molecule is CCCn1cc(N)cc1C(=O)N[C@@H](CO)c1ccccc1. The number of nitrogens with two attached hydrogens (primary N) is 1. The fraction of sp³-hybridized carbons (Fsp3) is 0.312. The highest BCUT2D eigenvalue weighted by atomic mass is 16.3. The molecule has 0 bridgehead atoms. The number of aromatic nitrogens is 1. The van der Waals surface area contributed by atoms with Crippen LogP contribution in [0.5, 0.6) is 0 Å². The number of rotatable bonds is 6. The van der Waals surface area contributed by atoms with Gasteiger partial charge in [0.15, 0.2) is 0 Å². The highest BCUT2D eigenvalue weighted by Crippen LogP contribution is 2.15. The van der Waals surface area contributed by atoms with Gasteiger partial charge >= 0.3 is 0 Å². The average Bonchev–Trinajstić information content (AvgIpc) is 2.87. The van der Waals surface area contributed by atoms with Crippen LogP contribution in [0.1, 0.15) is 35.4 Å². The van der Waals surface area contributed by atoms with Crippen molar-refractivity contribution in [3.05, 3.63) is 53.9 Å². The Kier molecular flexibility index (Phi) is 5.00. The molecule has 0 aliphatic carbocycles. The number of aliphatic hydroxyl groups is 1. The van der Waals surface area contributed by atoms with E-state index in [1.54, 1.807) is 12.3 Å². The molecule has 5 nitrogen and oxygen atoms in total. The quantitative estimate of drug-likeness (QED) is 0.759. The molecule has 1 amide bonds. The van der Waals surface area contributed by atoms with Gasteiger partial charge in [0, 0.05) is 12.7 Å². The molecule has 2 aromatic rings. The van der Waals surface area contributed by atoms with Crippen LogP contribution in [0.3, 0.4) is 0 Å². The van der Waals surface area contributed by atoms with Crippen LogP contribution in [0.25, 0.3) is 0 Å². The number of hydrogen-bond donors (Lipinski definition) is 3. The lowest BCUT2D eigenvalue weighted by atomic mass is 10.1. The van der Waals surface area contributed by atoms with E-state index < -0.39 is 6.04 Å². The van der Waals surface area contributed by atoms with E-state index in [1.807, 2.05) is 41.8 Å². The van der Waals surface area contributed by atoms with Crippen LogP contribution < -0.4 is 11.1 Å². The molecule has 21 heavy (non-hydrogen) atoms. The van der Waals surface area contributed by atoms with Crippen LogP contribution in [-0.2, 0) is 6.54 Å². The van der Waals surface area contributed by atoms with Crippen LogP contribution >= 0.6 is 0 Å². The maximum atomic E-state index is 12.4. The lowest BCUT2D eigenvalue weighted by Gasteiger charge is -2.17. The summed E-state index contributed by atoms with van der Waals surface area (Å²) in [7, 11) is 0. The smallest absolute Gasteiger partial charge is 0.268 e. The summed E-state index contributed by atoms with van der Waals surface area (Å²) in [5.74, 6) is -0.233. The molecule has 2 rings (SSSR count). The largest absolute Gasteiger partial charge is 0.397 e. The van der Waals surface area contributed by atoms with Gasteiger partial charge < -0.3 is 20.7 Å². The number of benzene rings is 1. The van der Waals surface area contributed by atoms with Crippen molar-refractivity contribution in [1.29, 1.82) is 0 Å². The van der Waals surface area contributed by atoms with Gasteiger partial charge in [-0.3, -0.25) is 4.79 Å². The topological polar surface area (TPSA) is 80.3 Å². The Bertz CT molecular complexity index is 593. The van der Waals surface area contributed by atoms with Crippen molar-refractivity contribution in [2.24, 2.45) is 0 Å². The predicted octanol–water partition coefficient (Wildman–Crippen LogP) is 1.94. The molecule has 1 atom stereocenters. The standard InChI is InChI=1S/C16H21N3O2/c1-2-8-19-10-13(17)9-15(19)16(21)18-14(11-20)12-6-4-3-5-7-12/h3-7,9-10,14,20H,2,8,11,17H2,1H3,(H,18,21)/t14-/m0/s1. The number of aryl methyl sites for hydroxylation is 1. The average molecular weight is 287 g/mol. The summed E-state index contributed by atoms with van der Waals surface area (Å²) in [4.78, 5) is 12.4. The van der Waals surface area contributed by atoms with Crippen LogP contribution in [-0.4, -0.2) is 22.2 Å². The maximum Gasteiger partial charge on any atom is 0.268 e. The van der Waals surface area contributed by atoms with Gasteiger partial charge in [-0.2, -0.15) is 0 Å². The normalized spacial score (nSPS) is 12.1. The molecule has 5 heteroatoms. The summed E-state index contributed by atoms with van der Waals surface area (Å²) in [6.07, 6.45) is 2.67. The third kappa shape index (κ3) is 3.64. The van der Waals surface area contributed by atoms with E-state index in [0.29, 0.717) is 11.4 Å². The summed E-state index contributed by atoms with van der Waals surface area (Å²) in [6.45, 7) is 2.62. The Balaban J connectivity index is 2.16. The van der Waals surface area contributed by atoms with Gasteiger partial charge in [-0.05, 0) is 18.1 Å². The van der Waals surface area contributed by atoms with Gasteiger partial charge in [0.1, 0.15) is 5.69 Å². The fourth-order valence-electron chi connectivity index (χ4n) is 2.30. The lowest BCUT2D eigenvalue weighted by Crippen LogP contribution is -2.32. The first-order chi connectivity index (χ1) is 10.2. The van der Waals surface area contributed by atoms with E-state index in [-0.39, 0.29) is 12.5 Å². The first-order valence-corrected chi connectivity index (χ1v) is 7.08. The van der Waals surface area contributed by atoms with E-state index in [2.05, 4.69) is 5.32 Å². The van der Waals surface area contributed by atoms with Gasteiger partial charge in [-0.1, -0.05) is 37.3 Å². The van der Waals surface area contributed by atoms with Gasteiger partial charge in [-0.25, -0.2) is 0 Å². The number of carbonyl (C=O) groups is 1. The first kappa shape index (κ1) is 15.1. The van der Waals surface area contributed by atoms with Crippen molar-refractivity contribution in [2.75, 3.05) is 12.3 Å². The summed E-state index contributed by atoms with van der Waals surface area (Å²) in [5.41, 5.74) is 7.72. The number of aliphatic hydroxyl groups excluding tert-OH is 1. The molecule has 0 saturated carbocycles. The number of hydrogen-bond acceptors (Lipinski definition) is 3. The molecule has 0 radical (unpaired) electrons. The minimum Gasteiger partial charge on any atom is -0.397 e. The molecule has 0 unspecified atom stereocenters. The molecule has 1 heterocycles. The van der Waals surface area contributed by atoms with Crippen molar-refractivity contribution in [2.45, 2.75) is 25.9 Å². The molecular weight excluding hydrogens is 266 g/mol. The number of anilines is 1. The molecule has 0 saturated heterocycles. The van der Waals surface area contributed by atoms with Crippen LogP contribution in [0.2, 0.25) is 0 Å².